The summed E-state index contributed by atoms with van der Waals surface area (Å²) in [6.45, 7) is 4.00. The summed E-state index contributed by atoms with van der Waals surface area (Å²) < 4.78 is 0. The van der Waals surface area contributed by atoms with Crippen LogP contribution in [0.1, 0.15) is 19.4 Å². The Bertz CT molecular complexity index is 245. The molecule has 0 amide bonds. The van der Waals surface area contributed by atoms with Gasteiger partial charge in [0.15, 0.2) is 0 Å². The van der Waals surface area contributed by atoms with Gasteiger partial charge in [-0.25, -0.2) is 0 Å². The number of hydrogen-bond donors (Lipinski definition) is 1. The minimum atomic E-state index is 0.167. The molecule has 1 aromatic carbocycles. The molecule has 0 bridgehead atoms. The maximum absolute atomic E-state index is 8.97. The predicted molar refractivity (Wildman–Crippen MR) is 47.4 cm³/mol. The smallest absolute Gasteiger partial charge is 0.131 e. The van der Waals surface area contributed by atoms with Crippen LogP contribution in [0.5, 0.6) is 5.75 Å². The molecule has 0 spiro atoms. The molecule has 0 heterocycles. The van der Waals surface area contributed by atoms with Crippen molar-refractivity contribution in [2.24, 2.45) is 0 Å². The second kappa shape index (κ2) is 5.37. The third kappa shape index (κ3) is 2.77. The van der Waals surface area contributed by atoms with Crippen LogP contribution in [0.2, 0.25) is 0 Å². The largest absolute Gasteiger partial charge is 0.507 e. The monoisotopic (exact) mass is 148 g/mol. The summed E-state index contributed by atoms with van der Waals surface area (Å²) in [6, 6.07) is 6.77. The van der Waals surface area contributed by atoms with Gasteiger partial charge in [-0.2, -0.15) is 0 Å². The number of phenols is 1. The number of para-hydroxylation sites is 1. The molecule has 0 aliphatic heterocycles. The summed E-state index contributed by atoms with van der Waals surface area (Å²) in [7, 11) is 0. The van der Waals surface area contributed by atoms with Crippen LogP contribution in [0.15, 0.2) is 24.3 Å². The summed E-state index contributed by atoms with van der Waals surface area (Å²) >= 11 is 0. The van der Waals surface area contributed by atoms with Gasteiger partial charge in [-0.3, -0.25) is 0 Å². The lowest BCUT2D eigenvalue weighted by Gasteiger charge is -1.91. The van der Waals surface area contributed by atoms with Gasteiger partial charge in [-0.1, -0.05) is 31.9 Å². The molecule has 0 aliphatic carbocycles. The van der Waals surface area contributed by atoms with Crippen molar-refractivity contribution < 1.29 is 5.11 Å². The van der Waals surface area contributed by atoms with Crippen LogP contribution >= 0.6 is 0 Å². The molecule has 1 nitrogen and oxygen atoms in total. The van der Waals surface area contributed by atoms with Crippen molar-refractivity contribution in [1.82, 2.24) is 0 Å². The summed E-state index contributed by atoms with van der Waals surface area (Å²) in [6.07, 6.45) is 5.04. The van der Waals surface area contributed by atoms with E-state index in [1.165, 1.54) is 0 Å². The van der Waals surface area contributed by atoms with E-state index in [1.54, 1.807) is 24.3 Å². The predicted octanol–water partition coefficient (Wildman–Crippen LogP) is 2.40. The Morgan fingerprint density at radius 2 is 1.82 bits per heavy atom. The number of phenolic OH excluding ortho intramolecular Hbond substituents is 1. The quantitative estimate of drug-likeness (QED) is 0.560. The molecule has 58 valence electrons. The molecule has 11 heavy (non-hydrogen) atoms. The van der Waals surface area contributed by atoms with Crippen molar-refractivity contribution in [2.75, 3.05) is 0 Å². The first-order valence-electron chi connectivity index (χ1n) is 3.59. The minimum absolute atomic E-state index is 0.167. The van der Waals surface area contributed by atoms with Gasteiger partial charge in [0.25, 0.3) is 0 Å². The summed E-state index contributed by atoms with van der Waals surface area (Å²) in [4.78, 5) is 0. The van der Waals surface area contributed by atoms with E-state index >= 15 is 0 Å². The maximum atomic E-state index is 8.97. The van der Waals surface area contributed by atoms with E-state index in [4.69, 9.17) is 11.5 Å². The molecular formula is C10H12O. The normalized spacial score (nSPS) is 7.36. The average Bonchev–Trinajstić information content (AvgIpc) is 2.09. The fraction of sp³-hybridized carbons (Fsp3) is 0.200. The summed E-state index contributed by atoms with van der Waals surface area (Å²) in [5.41, 5.74) is 0.539. The second-order valence-corrected chi connectivity index (χ2v) is 1.66. The Balaban J connectivity index is 0.000000461. The Kier molecular flexibility index (Phi) is 4.68. The van der Waals surface area contributed by atoms with Gasteiger partial charge < -0.3 is 5.11 Å². The van der Waals surface area contributed by atoms with Gasteiger partial charge in [0.1, 0.15) is 5.75 Å². The highest BCUT2D eigenvalue weighted by Crippen LogP contribution is 2.12. The van der Waals surface area contributed by atoms with Crippen LogP contribution in [-0.4, -0.2) is 5.11 Å². The van der Waals surface area contributed by atoms with Crippen LogP contribution in [0, 0.1) is 12.3 Å². The molecule has 0 atom stereocenters. The van der Waals surface area contributed by atoms with Gasteiger partial charge >= 0.3 is 0 Å². The molecule has 0 radical (unpaired) electrons. The molecule has 0 unspecified atom stereocenters. The van der Waals surface area contributed by atoms with Crippen LogP contribution in [0.3, 0.4) is 0 Å². The highest BCUT2D eigenvalue weighted by molar-refractivity contribution is 5.43. The van der Waals surface area contributed by atoms with E-state index in [-0.39, 0.29) is 5.75 Å². The zero-order chi connectivity index (χ0) is 8.69. The van der Waals surface area contributed by atoms with E-state index in [2.05, 4.69) is 5.92 Å². The Morgan fingerprint density at radius 1 is 1.27 bits per heavy atom. The number of aromatic hydroxyl groups is 1. The topological polar surface area (TPSA) is 20.2 Å². The van der Waals surface area contributed by atoms with Gasteiger partial charge in [-0.05, 0) is 12.1 Å². The molecule has 1 N–H and O–H groups in total. The number of hydrogen-bond acceptors (Lipinski definition) is 1. The van der Waals surface area contributed by atoms with Gasteiger partial charge in [0.05, 0.1) is 5.56 Å². The minimum Gasteiger partial charge on any atom is -0.507 e. The first kappa shape index (κ1) is 9.58. The van der Waals surface area contributed by atoms with Crippen molar-refractivity contribution in [1.29, 1.82) is 0 Å². The van der Waals surface area contributed by atoms with Crippen LogP contribution in [0.4, 0.5) is 0 Å². The molecule has 0 fully saturated rings. The van der Waals surface area contributed by atoms with Crippen LogP contribution in [0.25, 0.3) is 0 Å². The standard InChI is InChI=1S/C8H6O.C2H6/c1-2-7-5-3-4-6-8(7)9;1-2/h1,3-6,9H;1-2H3. The van der Waals surface area contributed by atoms with Crippen molar-refractivity contribution in [2.45, 2.75) is 13.8 Å². The zero-order valence-corrected chi connectivity index (χ0v) is 6.83. The van der Waals surface area contributed by atoms with Gasteiger partial charge in [0, 0.05) is 0 Å². The Morgan fingerprint density at radius 3 is 2.18 bits per heavy atom. The highest BCUT2D eigenvalue weighted by Gasteiger charge is 1.90. The van der Waals surface area contributed by atoms with Crippen LogP contribution in [-0.2, 0) is 0 Å². The lowest BCUT2D eigenvalue weighted by atomic mass is 10.2. The summed E-state index contributed by atoms with van der Waals surface area (Å²) in [5.74, 6) is 2.51. The third-order valence-corrected chi connectivity index (χ3v) is 1.06. The van der Waals surface area contributed by atoms with E-state index in [9.17, 15) is 0 Å². The first-order chi connectivity index (χ1) is 5.34. The van der Waals surface area contributed by atoms with Crippen molar-refractivity contribution in [3.8, 4) is 18.1 Å². The van der Waals surface area contributed by atoms with Gasteiger partial charge in [0.2, 0.25) is 0 Å². The molecule has 1 aromatic rings. The Hall–Kier alpha value is -1.42. The van der Waals surface area contributed by atoms with E-state index in [1.807, 2.05) is 13.8 Å². The molecule has 1 heteroatoms. The summed E-state index contributed by atoms with van der Waals surface area (Å²) in [5, 5.41) is 8.97. The second-order valence-electron chi connectivity index (χ2n) is 1.66. The van der Waals surface area contributed by atoms with E-state index < -0.39 is 0 Å². The van der Waals surface area contributed by atoms with E-state index in [0.717, 1.165) is 0 Å². The number of benzene rings is 1. The highest BCUT2D eigenvalue weighted by atomic mass is 16.3. The van der Waals surface area contributed by atoms with Crippen molar-refractivity contribution >= 4 is 0 Å². The zero-order valence-electron chi connectivity index (χ0n) is 6.83. The maximum Gasteiger partial charge on any atom is 0.131 e. The lowest BCUT2D eigenvalue weighted by Crippen LogP contribution is -1.71. The number of terminal acetylenes is 1. The Labute approximate surface area is 67.7 Å². The fourth-order valence-corrected chi connectivity index (χ4v) is 0.596. The van der Waals surface area contributed by atoms with Crippen molar-refractivity contribution in [3.63, 3.8) is 0 Å². The molecule has 0 aliphatic rings. The van der Waals surface area contributed by atoms with Crippen molar-refractivity contribution in [3.05, 3.63) is 29.8 Å². The molecule has 0 saturated carbocycles. The number of rotatable bonds is 0. The molecule has 0 aromatic heterocycles. The first-order valence-corrected chi connectivity index (χ1v) is 3.59. The molecular weight excluding hydrogens is 136 g/mol. The molecule has 0 saturated heterocycles. The average molecular weight is 148 g/mol. The van der Waals surface area contributed by atoms with E-state index in [0.29, 0.717) is 5.56 Å². The molecule has 1 rings (SSSR count). The van der Waals surface area contributed by atoms with Gasteiger partial charge in [-0.15, -0.1) is 6.42 Å². The lowest BCUT2D eigenvalue weighted by molar-refractivity contribution is 0.474. The SMILES string of the molecule is C#Cc1ccccc1O.CC. The fourth-order valence-electron chi connectivity index (χ4n) is 0.596. The van der Waals surface area contributed by atoms with Crippen LogP contribution < -0.4 is 0 Å². The third-order valence-electron chi connectivity index (χ3n) is 1.06.